The fraction of sp³-hybridized carbons (Fsp3) is 0.500. The quantitative estimate of drug-likeness (QED) is 0.436. The molecule has 1 rings (SSSR count). The molecular formula is C22H32O2. The Labute approximate surface area is 147 Å². The van der Waals surface area contributed by atoms with E-state index in [-0.39, 0.29) is 11.4 Å². The molecule has 0 fully saturated rings. The molecule has 24 heavy (non-hydrogen) atoms. The molecule has 0 saturated heterocycles. The fourth-order valence-corrected chi connectivity index (χ4v) is 2.99. The Balaban J connectivity index is 2.67. The van der Waals surface area contributed by atoms with Gasteiger partial charge in [0.15, 0.2) is 0 Å². The molecule has 1 aliphatic carbocycles. The van der Waals surface area contributed by atoms with E-state index in [2.05, 4.69) is 45.9 Å². The van der Waals surface area contributed by atoms with Crippen LogP contribution < -0.4 is 0 Å². The zero-order chi connectivity index (χ0) is 18.2. The van der Waals surface area contributed by atoms with Crippen molar-refractivity contribution in [2.75, 3.05) is 6.61 Å². The van der Waals surface area contributed by atoms with Gasteiger partial charge >= 0.3 is 5.97 Å². The molecule has 0 bridgehead atoms. The molecule has 0 spiro atoms. The Morgan fingerprint density at radius 2 is 1.88 bits per heavy atom. The molecular weight excluding hydrogens is 296 g/mol. The van der Waals surface area contributed by atoms with E-state index in [0.717, 1.165) is 5.57 Å². The molecule has 1 aliphatic rings. The van der Waals surface area contributed by atoms with E-state index in [4.69, 9.17) is 4.74 Å². The monoisotopic (exact) mass is 328 g/mol. The van der Waals surface area contributed by atoms with Crippen LogP contribution in [0.5, 0.6) is 0 Å². The Hall–Kier alpha value is -1.83. The number of hydrogen-bond donors (Lipinski definition) is 0. The Kier molecular flexibility index (Phi) is 7.97. The first-order chi connectivity index (χ1) is 11.2. The van der Waals surface area contributed by atoms with Crippen LogP contribution in [0.3, 0.4) is 0 Å². The summed E-state index contributed by atoms with van der Waals surface area (Å²) in [5, 5.41) is 0. The number of ether oxygens (including phenoxy) is 1. The largest absolute Gasteiger partial charge is 0.462 e. The van der Waals surface area contributed by atoms with Crippen LogP contribution in [0.25, 0.3) is 0 Å². The molecule has 2 nitrogen and oxygen atoms in total. The predicted molar refractivity (Wildman–Crippen MR) is 103 cm³/mol. The number of carbonyl (C=O) groups excluding carboxylic acids is 1. The van der Waals surface area contributed by atoms with Gasteiger partial charge in [0.05, 0.1) is 0 Å². The van der Waals surface area contributed by atoms with Gasteiger partial charge in [-0.25, -0.2) is 0 Å². The smallest absolute Gasteiger partial charge is 0.302 e. The lowest BCUT2D eigenvalue weighted by Gasteiger charge is -2.32. The minimum absolute atomic E-state index is 0.251. The van der Waals surface area contributed by atoms with Crippen molar-refractivity contribution in [2.45, 2.75) is 60.8 Å². The summed E-state index contributed by atoms with van der Waals surface area (Å²) in [6.45, 7) is 12.8. The van der Waals surface area contributed by atoms with Gasteiger partial charge in [-0.15, -0.1) is 0 Å². The molecule has 0 radical (unpaired) electrons. The number of allylic oxidation sites excluding steroid dienone is 9. The summed E-state index contributed by atoms with van der Waals surface area (Å²) < 4.78 is 4.89. The lowest BCUT2D eigenvalue weighted by atomic mass is 9.72. The van der Waals surface area contributed by atoms with Gasteiger partial charge in [0.2, 0.25) is 0 Å². The molecule has 0 heterocycles. The van der Waals surface area contributed by atoms with Crippen molar-refractivity contribution in [1.82, 2.24) is 0 Å². The average Bonchev–Trinajstić information content (AvgIpc) is 2.45. The van der Waals surface area contributed by atoms with Crippen molar-refractivity contribution in [3.05, 3.63) is 58.7 Å². The fourth-order valence-electron chi connectivity index (χ4n) is 2.99. The van der Waals surface area contributed by atoms with Crippen LogP contribution in [0.15, 0.2) is 58.7 Å². The number of esters is 1. The van der Waals surface area contributed by atoms with E-state index in [1.54, 1.807) is 0 Å². The summed E-state index contributed by atoms with van der Waals surface area (Å²) in [6, 6.07) is 0. The minimum Gasteiger partial charge on any atom is -0.462 e. The highest BCUT2D eigenvalue weighted by Gasteiger charge is 2.26. The van der Waals surface area contributed by atoms with Crippen LogP contribution in [-0.2, 0) is 9.53 Å². The van der Waals surface area contributed by atoms with Gasteiger partial charge in [-0.2, -0.15) is 0 Å². The molecule has 0 aromatic heterocycles. The third kappa shape index (κ3) is 7.16. The van der Waals surface area contributed by atoms with Crippen molar-refractivity contribution in [2.24, 2.45) is 5.41 Å². The van der Waals surface area contributed by atoms with Crippen molar-refractivity contribution in [1.29, 1.82) is 0 Å². The molecule has 0 unspecified atom stereocenters. The Morgan fingerprint density at radius 3 is 2.50 bits per heavy atom. The molecule has 0 N–H and O–H groups in total. The van der Waals surface area contributed by atoms with Crippen LogP contribution >= 0.6 is 0 Å². The second kappa shape index (κ2) is 9.46. The maximum atomic E-state index is 10.7. The molecule has 0 aromatic carbocycles. The third-order valence-electron chi connectivity index (χ3n) is 4.47. The molecule has 2 heteroatoms. The first-order valence-corrected chi connectivity index (χ1v) is 8.76. The van der Waals surface area contributed by atoms with E-state index in [1.807, 2.05) is 25.2 Å². The number of hydrogen-bond acceptors (Lipinski definition) is 2. The van der Waals surface area contributed by atoms with Gasteiger partial charge < -0.3 is 4.74 Å². The van der Waals surface area contributed by atoms with E-state index in [0.29, 0.717) is 6.61 Å². The van der Waals surface area contributed by atoms with Crippen LogP contribution in [0.1, 0.15) is 60.8 Å². The van der Waals surface area contributed by atoms with Gasteiger partial charge in [0.1, 0.15) is 6.61 Å². The van der Waals surface area contributed by atoms with Gasteiger partial charge in [-0.3, -0.25) is 4.79 Å². The normalized spacial score (nSPS) is 19.4. The number of rotatable bonds is 6. The summed E-state index contributed by atoms with van der Waals surface area (Å²) in [5.41, 5.74) is 5.60. The maximum absolute atomic E-state index is 10.7. The second-order valence-corrected chi connectivity index (χ2v) is 7.29. The van der Waals surface area contributed by atoms with E-state index < -0.39 is 0 Å². The van der Waals surface area contributed by atoms with Gasteiger partial charge in [0.25, 0.3) is 0 Å². The van der Waals surface area contributed by atoms with E-state index in [1.165, 1.54) is 42.9 Å². The summed E-state index contributed by atoms with van der Waals surface area (Å²) >= 11 is 0. The van der Waals surface area contributed by atoms with Gasteiger partial charge in [-0.05, 0) is 57.1 Å². The molecule has 0 aliphatic heterocycles. The predicted octanol–water partition coefficient (Wildman–Crippen LogP) is 6.08. The highest BCUT2D eigenvalue weighted by atomic mass is 16.5. The van der Waals surface area contributed by atoms with Crippen molar-refractivity contribution < 1.29 is 9.53 Å². The van der Waals surface area contributed by atoms with Gasteiger partial charge in [0, 0.05) is 6.92 Å². The average molecular weight is 328 g/mol. The van der Waals surface area contributed by atoms with Crippen molar-refractivity contribution in [3.8, 4) is 0 Å². The van der Waals surface area contributed by atoms with Crippen LogP contribution in [0.4, 0.5) is 0 Å². The Morgan fingerprint density at radius 1 is 1.17 bits per heavy atom. The summed E-state index contributed by atoms with van der Waals surface area (Å²) in [4.78, 5) is 10.7. The zero-order valence-electron chi connectivity index (χ0n) is 16.1. The summed E-state index contributed by atoms with van der Waals surface area (Å²) in [6.07, 6.45) is 16.3. The molecule has 132 valence electrons. The Bertz CT molecular complexity index is 595. The van der Waals surface area contributed by atoms with E-state index >= 15 is 0 Å². The first kappa shape index (κ1) is 20.2. The molecule has 0 amide bonds. The maximum Gasteiger partial charge on any atom is 0.302 e. The SMILES string of the molecule is CC(=O)OC/C=C(C)/C=C\C=C(C)\C=C\C1=C(C)CCCC1(C)C. The topological polar surface area (TPSA) is 26.3 Å². The standard InChI is InChI=1S/C22H32O2/c1-17(9-7-10-18(2)14-16-24-20(4)23)12-13-21-19(3)11-8-15-22(21,5)6/h7,9-10,12-14H,8,11,15-16H2,1-6H3/b10-7-,13-12+,17-9+,18-14+. The van der Waals surface area contributed by atoms with Crippen LogP contribution in [0, 0.1) is 5.41 Å². The highest BCUT2D eigenvalue weighted by Crippen LogP contribution is 2.40. The number of carbonyl (C=O) groups is 1. The lowest BCUT2D eigenvalue weighted by molar-refractivity contribution is -0.139. The molecule has 0 aromatic rings. The minimum atomic E-state index is -0.251. The van der Waals surface area contributed by atoms with Crippen LogP contribution in [-0.4, -0.2) is 12.6 Å². The molecule has 0 saturated carbocycles. The van der Waals surface area contributed by atoms with Gasteiger partial charge in [-0.1, -0.05) is 60.9 Å². The lowest BCUT2D eigenvalue weighted by Crippen LogP contribution is -2.19. The second-order valence-electron chi connectivity index (χ2n) is 7.29. The molecule has 0 atom stereocenters. The summed E-state index contributed by atoms with van der Waals surface area (Å²) in [7, 11) is 0. The summed E-state index contributed by atoms with van der Waals surface area (Å²) in [5.74, 6) is -0.251. The third-order valence-corrected chi connectivity index (χ3v) is 4.47. The zero-order valence-corrected chi connectivity index (χ0v) is 16.1. The van der Waals surface area contributed by atoms with Crippen molar-refractivity contribution >= 4 is 5.97 Å². The highest BCUT2D eigenvalue weighted by molar-refractivity contribution is 5.66. The van der Waals surface area contributed by atoms with E-state index in [9.17, 15) is 4.79 Å². The van der Waals surface area contributed by atoms with Crippen molar-refractivity contribution in [3.63, 3.8) is 0 Å². The van der Waals surface area contributed by atoms with Crippen LogP contribution in [0.2, 0.25) is 0 Å². The first-order valence-electron chi connectivity index (χ1n) is 8.76.